The van der Waals surface area contributed by atoms with Crippen molar-refractivity contribution < 1.29 is 14.7 Å². The van der Waals surface area contributed by atoms with Crippen molar-refractivity contribution in [3.8, 4) is 5.75 Å². The molecule has 1 spiro atoms. The lowest BCUT2D eigenvalue weighted by Gasteiger charge is -2.47. The fraction of sp³-hybridized carbons (Fsp3) is 0.619. The first-order chi connectivity index (χ1) is 12.8. The topological polar surface area (TPSA) is 64.1 Å². The first kappa shape index (κ1) is 19.7. The van der Waals surface area contributed by atoms with Gasteiger partial charge in [0.25, 0.3) is 5.91 Å². The van der Waals surface area contributed by atoms with Crippen molar-refractivity contribution in [2.24, 2.45) is 5.41 Å². The summed E-state index contributed by atoms with van der Waals surface area (Å²) in [5, 5.41) is 10.1. The van der Waals surface area contributed by atoms with Crippen molar-refractivity contribution in [3.63, 3.8) is 0 Å². The highest BCUT2D eigenvalue weighted by Gasteiger charge is 2.41. The van der Waals surface area contributed by atoms with Gasteiger partial charge in [-0.05, 0) is 63.4 Å². The molecule has 2 amide bonds. The van der Waals surface area contributed by atoms with Gasteiger partial charge < -0.3 is 19.8 Å². The van der Waals surface area contributed by atoms with Gasteiger partial charge in [-0.2, -0.15) is 0 Å². The van der Waals surface area contributed by atoms with Gasteiger partial charge in [-0.1, -0.05) is 6.07 Å². The maximum absolute atomic E-state index is 12.8. The second kappa shape index (κ2) is 7.89. The summed E-state index contributed by atoms with van der Waals surface area (Å²) in [6.45, 7) is 5.71. The molecular weight excluding hydrogens is 342 g/mol. The van der Waals surface area contributed by atoms with E-state index in [-0.39, 0.29) is 23.0 Å². The van der Waals surface area contributed by atoms with Gasteiger partial charge >= 0.3 is 0 Å². The van der Waals surface area contributed by atoms with E-state index in [9.17, 15) is 14.7 Å². The largest absolute Gasteiger partial charge is 0.507 e. The Bertz CT molecular complexity index is 709. The summed E-state index contributed by atoms with van der Waals surface area (Å²) in [7, 11) is 4.05. The number of aromatic hydroxyl groups is 1. The van der Waals surface area contributed by atoms with Gasteiger partial charge in [-0.15, -0.1) is 0 Å². The molecule has 2 heterocycles. The minimum atomic E-state index is -0.0984. The molecule has 6 nitrogen and oxygen atoms in total. The predicted octanol–water partition coefficient (Wildman–Crippen LogP) is 2.11. The first-order valence-electron chi connectivity index (χ1n) is 9.81. The van der Waals surface area contributed by atoms with E-state index >= 15 is 0 Å². The molecule has 1 N–H and O–H groups in total. The van der Waals surface area contributed by atoms with Crippen LogP contribution in [0.15, 0.2) is 18.2 Å². The van der Waals surface area contributed by atoms with Crippen molar-refractivity contribution in [1.82, 2.24) is 14.7 Å². The second-order valence-electron chi connectivity index (χ2n) is 8.43. The summed E-state index contributed by atoms with van der Waals surface area (Å²) in [6.07, 6.45) is 3.36. The van der Waals surface area contributed by atoms with E-state index in [1.165, 1.54) is 0 Å². The Kier molecular flexibility index (Phi) is 5.75. The molecule has 2 aliphatic heterocycles. The number of nitrogens with zero attached hydrogens (tertiary/aromatic N) is 3. The molecule has 27 heavy (non-hydrogen) atoms. The zero-order valence-electron chi connectivity index (χ0n) is 16.7. The molecule has 0 saturated carbocycles. The maximum atomic E-state index is 12.8. The minimum absolute atomic E-state index is 0.0541. The lowest BCUT2D eigenvalue weighted by Crippen LogP contribution is -2.53. The van der Waals surface area contributed by atoms with Crippen molar-refractivity contribution >= 4 is 11.8 Å². The van der Waals surface area contributed by atoms with Crippen LogP contribution in [0.3, 0.4) is 0 Å². The average molecular weight is 373 g/mol. The van der Waals surface area contributed by atoms with E-state index in [0.717, 1.165) is 44.5 Å². The maximum Gasteiger partial charge on any atom is 0.257 e. The molecule has 0 aliphatic carbocycles. The number of hydrogen-bond acceptors (Lipinski definition) is 4. The summed E-state index contributed by atoms with van der Waals surface area (Å²) in [4.78, 5) is 31.0. The number of phenolic OH excluding ortho intramolecular Hbond substituents is 1. The molecule has 0 unspecified atom stereocenters. The standard InChI is InChI=1S/C21H31N3O3/c1-16-4-5-17(18(25)14-16)20(27)23-10-8-21(9-11-23)7-6-19(26)24(15-21)13-12-22(2)3/h4-5,14,25H,6-13,15H2,1-3H3. The summed E-state index contributed by atoms with van der Waals surface area (Å²) >= 11 is 0. The van der Waals surface area contributed by atoms with E-state index < -0.39 is 0 Å². The Morgan fingerprint density at radius 2 is 1.93 bits per heavy atom. The number of benzene rings is 1. The number of aryl methyl sites for hydroxylation is 1. The van der Waals surface area contributed by atoms with Crippen LogP contribution in [0.25, 0.3) is 0 Å². The fourth-order valence-electron chi connectivity index (χ4n) is 4.21. The zero-order chi connectivity index (χ0) is 19.6. The molecule has 6 heteroatoms. The Labute approximate surface area is 161 Å². The molecule has 0 bridgehead atoms. The summed E-state index contributed by atoms with van der Waals surface area (Å²) in [5.41, 5.74) is 1.45. The summed E-state index contributed by atoms with van der Waals surface area (Å²) in [5.74, 6) is 0.211. The smallest absolute Gasteiger partial charge is 0.257 e. The van der Waals surface area contributed by atoms with Gasteiger partial charge in [0.05, 0.1) is 5.56 Å². The van der Waals surface area contributed by atoms with Crippen molar-refractivity contribution in [2.45, 2.75) is 32.6 Å². The predicted molar refractivity (Wildman–Crippen MR) is 105 cm³/mol. The molecule has 0 aromatic heterocycles. The highest BCUT2D eigenvalue weighted by atomic mass is 16.3. The van der Waals surface area contributed by atoms with Gasteiger partial charge in [0.15, 0.2) is 0 Å². The van der Waals surface area contributed by atoms with Crippen LogP contribution in [-0.2, 0) is 4.79 Å². The number of amides is 2. The number of likely N-dealkylation sites (N-methyl/N-ethyl adjacent to an activating group) is 1. The number of carbonyl (C=O) groups excluding carboxylic acids is 2. The van der Waals surface area contributed by atoms with E-state index in [1.807, 2.05) is 36.9 Å². The number of carbonyl (C=O) groups is 2. The molecule has 0 atom stereocenters. The Morgan fingerprint density at radius 1 is 1.22 bits per heavy atom. The molecule has 3 rings (SSSR count). The lowest BCUT2D eigenvalue weighted by molar-refractivity contribution is -0.139. The number of phenols is 1. The molecule has 1 aromatic rings. The van der Waals surface area contributed by atoms with Crippen LogP contribution in [-0.4, -0.2) is 78.4 Å². The number of rotatable bonds is 4. The second-order valence-corrected chi connectivity index (χ2v) is 8.43. The third kappa shape index (κ3) is 4.43. The first-order valence-corrected chi connectivity index (χ1v) is 9.81. The third-order valence-electron chi connectivity index (χ3n) is 6.06. The monoisotopic (exact) mass is 373 g/mol. The van der Waals surface area contributed by atoms with E-state index in [4.69, 9.17) is 0 Å². The zero-order valence-corrected chi connectivity index (χ0v) is 16.7. The highest BCUT2D eigenvalue weighted by molar-refractivity contribution is 5.97. The summed E-state index contributed by atoms with van der Waals surface area (Å²) < 4.78 is 0. The van der Waals surface area contributed by atoms with Gasteiger partial charge in [0.1, 0.15) is 5.75 Å². The van der Waals surface area contributed by atoms with Gasteiger partial charge in [0, 0.05) is 39.1 Å². The lowest BCUT2D eigenvalue weighted by atomic mass is 9.72. The SMILES string of the molecule is Cc1ccc(C(=O)N2CCC3(CCC(=O)N(CCN(C)C)C3)CC2)c(O)c1. The molecule has 1 aromatic carbocycles. The van der Waals surface area contributed by atoms with Crippen LogP contribution < -0.4 is 0 Å². The Hall–Kier alpha value is -2.08. The van der Waals surface area contributed by atoms with Crippen LogP contribution >= 0.6 is 0 Å². The normalized spacial score (nSPS) is 19.8. The quantitative estimate of drug-likeness (QED) is 0.878. The third-order valence-corrected chi connectivity index (χ3v) is 6.06. The minimum Gasteiger partial charge on any atom is -0.507 e. The van der Waals surface area contributed by atoms with Gasteiger partial charge in [-0.25, -0.2) is 0 Å². The van der Waals surface area contributed by atoms with Crippen LogP contribution in [0.1, 0.15) is 41.6 Å². The van der Waals surface area contributed by atoms with Crippen molar-refractivity contribution in [1.29, 1.82) is 0 Å². The van der Waals surface area contributed by atoms with Crippen molar-refractivity contribution in [2.75, 3.05) is 46.8 Å². The van der Waals surface area contributed by atoms with Crippen LogP contribution in [0.4, 0.5) is 0 Å². The molecule has 2 aliphatic rings. The Balaban J connectivity index is 1.62. The molecule has 0 radical (unpaired) electrons. The number of piperidine rings is 2. The van der Waals surface area contributed by atoms with Crippen LogP contribution in [0.2, 0.25) is 0 Å². The van der Waals surface area contributed by atoms with E-state index in [1.54, 1.807) is 12.1 Å². The van der Waals surface area contributed by atoms with E-state index in [2.05, 4.69) is 4.90 Å². The van der Waals surface area contributed by atoms with Gasteiger partial charge in [-0.3, -0.25) is 9.59 Å². The van der Waals surface area contributed by atoms with Gasteiger partial charge in [0.2, 0.25) is 5.91 Å². The van der Waals surface area contributed by atoms with Crippen molar-refractivity contribution in [3.05, 3.63) is 29.3 Å². The molecule has 148 valence electrons. The highest BCUT2D eigenvalue weighted by Crippen LogP contribution is 2.40. The molecular formula is C21H31N3O3. The molecule has 2 saturated heterocycles. The fourth-order valence-corrected chi connectivity index (χ4v) is 4.21. The average Bonchev–Trinajstić information content (AvgIpc) is 2.63. The van der Waals surface area contributed by atoms with E-state index in [0.29, 0.717) is 25.1 Å². The van der Waals surface area contributed by atoms with Crippen LogP contribution in [0, 0.1) is 12.3 Å². The van der Waals surface area contributed by atoms with Crippen LogP contribution in [0.5, 0.6) is 5.75 Å². The molecule has 2 fully saturated rings. The summed E-state index contributed by atoms with van der Waals surface area (Å²) in [6, 6.07) is 5.20. The number of likely N-dealkylation sites (tertiary alicyclic amines) is 2. The number of hydrogen-bond donors (Lipinski definition) is 1. The Morgan fingerprint density at radius 3 is 2.56 bits per heavy atom.